The Morgan fingerprint density at radius 1 is 1.03 bits per heavy atom. The van der Waals surface area contributed by atoms with Crippen molar-refractivity contribution in [2.75, 3.05) is 45.0 Å². The van der Waals surface area contributed by atoms with Crippen LogP contribution in [0, 0.1) is 6.92 Å². The second-order valence-electron chi connectivity index (χ2n) is 7.26. The first-order valence-electron chi connectivity index (χ1n) is 9.98. The fraction of sp³-hybridized carbons (Fsp3) is 0.364. The highest BCUT2D eigenvalue weighted by atomic mass is 16.7. The first-order chi connectivity index (χ1) is 14.6. The number of nitrogens with zero attached hydrogens (tertiary/aromatic N) is 1. The van der Waals surface area contributed by atoms with Crippen molar-refractivity contribution < 1.29 is 23.8 Å². The zero-order valence-electron chi connectivity index (χ0n) is 16.8. The molecule has 0 aliphatic carbocycles. The minimum atomic E-state index is -0.685. The largest absolute Gasteiger partial charge is 0.454 e. The highest BCUT2D eigenvalue weighted by Gasteiger charge is 2.26. The summed E-state index contributed by atoms with van der Waals surface area (Å²) in [6.45, 7) is 5.11. The molecule has 2 aromatic carbocycles. The van der Waals surface area contributed by atoms with Crippen molar-refractivity contribution in [3.63, 3.8) is 0 Å². The van der Waals surface area contributed by atoms with E-state index in [4.69, 9.17) is 14.2 Å². The molecule has 0 bridgehead atoms. The average molecular weight is 411 g/mol. The van der Waals surface area contributed by atoms with Crippen LogP contribution in [0.1, 0.15) is 17.2 Å². The van der Waals surface area contributed by atoms with Crippen molar-refractivity contribution in [3.8, 4) is 11.5 Å². The fourth-order valence-corrected chi connectivity index (χ4v) is 3.63. The first kappa shape index (κ1) is 20.2. The summed E-state index contributed by atoms with van der Waals surface area (Å²) in [7, 11) is 0. The van der Waals surface area contributed by atoms with Crippen LogP contribution < -0.4 is 20.1 Å². The van der Waals surface area contributed by atoms with Gasteiger partial charge >= 0.3 is 11.8 Å². The van der Waals surface area contributed by atoms with E-state index in [9.17, 15) is 9.59 Å². The van der Waals surface area contributed by atoms with Gasteiger partial charge in [-0.05, 0) is 36.2 Å². The molecule has 1 fully saturated rings. The smallest absolute Gasteiger partial charge is 0.313 e. The predicted octanol–water partition coefficient (Wildman–Crippen LogP) is 1.85. The number of hydrogen-bond donors (Lipinski definition) is 2. The number of anilines is 1. The minimum absolute atomic E-state index is 0.112. The van der Waals surface area contributed by atoms with E-state index in [2.05, 4.69) is 15.5 Å². The maximum absolute atomic E-state index is 12.5. The number of morpholine rings is 1. The summed E-state index contributed by atoms with van der Waals surface area (Å²) < 4.78 is 16.4. The lowest BCUT2D eigenvalue weighted by Crippen LogP contribution is -2.45. The molecule has 0 spiro atoms. The monoisotopic (exact) mass is 411 g/mol. The van der Waals surface area contributed by atoms with Gasteiger partial charge in [0, 0.05) is 25.3 Å². The van der Waals surface area contributed by atoms with Crippen LogP contribution in [0.2, 0.25) is 0 Å². The third kappa shape index (κ3) is 4.55. The Kier molecular flexibility index (Phi) is 6.15. The van der Waals surface area contributed by atoms with Crippen LogP contribution in [-0.4, -0.2) is 56.4 Å². The van der Waals surface area contributed by atoms with Gasteiger partial charge in [0.25, 0.3) is 0 Å². The maximum Gasteiger partial charge on any atom is 0.313 e. The van der Waals surface area contributed by atoms with E-state index >= 15 is 0 Å². The van der Waals surface area contributed by atoms with Crippen LogP contribution in [0.25, 0.3) is 0 Å². The van der Waals surface area contributed by atoms with Gasteiger partial charge in [-0.3, -0.25) is 14.5 Å². The number of ether oxygens (including phenoxy) is 3. The van der Waals surface area contributed by atoms with Crippen molar-refractivity contribution in [3.05, 3.63) is 53.6 Å². The molecule has 0 unspecified atom stereocenters. The van der Waals surface area contributed by atoms with Crippen molar-refractivity contribution in [1.82, 2.24) is 10.2 Å². The molecule has 0 radical (unpaired) electrons. The Morgan fingerprint density at radius 2 is 1.80 bits per heavy atom. The van der Waals surface area contributed by atoms with E-state index in [1.807, 2.05) is 43.3 Å². The van der Waals surface area contributed by atoms with E-state index in [1.54, 1.807) is 6.07 Å². The van der Waals surface area contributed by atoms with E-state index in [1.165, 1.54) is 0 Å². The topological polar surface area (TPSA) is 89.1 Å². The molecule has 2 N–H and O–H groups in total. The molecule has 1 saturated heterocycles. The molecule has 2 aromatic rings. The standard InChI is InChI=1S/C22H25N3O5/c1-15-4-2-3-5-17(15)24-22(27)21(26)23-13-18(25-8-10-28-11-9-25)16-6-7-19-20(12-16)30-14-29-19/h2-7,12,18H,8-11,13-14H2,1H3,(H,23,26)(H,24,27)/t18-/m0/s1. The second-order valence-corrected chi connectivity index (χ2v) is 7.26. The van der Waals surface area contributed by atoms with E-state index < -0.39 is 11.8 Å². The third-order valence-corrected chi connectivity index (χ3v) is 5.32. The number of nitrogens with one attached hydrogen (secondary N) is 2. The lowest BCUT2D eigenvalue weighted by molar-refractivity contribution is -0.136. The molecular formula is C22H25N3O5. The molecule has 8 heteroatoms. The Balaban J connectivity index is 1.44. The van der Waals surface area contributed by atoms with E-state index in [0.717, 1.165) is 24.2 Å². The quantitative estimate of drug-likeness (QED) is 0.730. The molecule has 2 amide bonds. The van der Waals surface area contributed by atoms with Gasteiger partial charge in [-0.2, -0.15) is 0 Å². The summed E-state index contributed by atoms with van der Waals surface area (Å²) in [5.74, 6) is 0.0449. The Bertz CT molecular complexity index is 927. The zero-order chi connectivity index (χ0) is 20.9. The average Bonchev–Trinajstić information content (AvgIpc) is 3.24. The van der Waals surface area contributed by atoms with Gasteiger partial charge in [0.15, 0.2) is 11.5 Å². The van der Waals surface area contributed by atoms with Gasteiger partial charge in [-0.1, -0.05) is 24.3 Å². The molecular weight excluding hydrogens is 386 g/mol. The lowest BCUT2D eigenvalue weighted by Gasteiger charge is -2.34. The molecule has 8 nitrogen and oxygen atoms in total. The molecule has 0 aromatic heterocycles. The van der Waals surface area contributed by atoms with Gasteiger partial charge in [0.1, 0.15) is 0 Å². The fourth-order valence-electron chi connectivity index (χ4n) is 3.63. The number of para-hydroxylation sites is 1. The van der Waals surface area contributed by atoms with Gasteiger partial charge in [0.05, 0.1) is 19.3 Å². The highest BCUT2D eigenvalue weighted by molar-refractivity contribution is 6.39. The number of aryl methyl sites for hydroxylation is 1. The zero-order valence-corrected chi connectivity index (χ0v) is 16.8. The molecule has 158 valence electrons. The Hall–Kier alpha value is -3.10. The summed E-state index contributed by atoms with van der Waals surface area (Å²) in [5.41, 5.74) is 2.50. The second kappa shape index (κ2) is 9.15. The minimum Gasteiger partial charge on any atom is -0.454 e. The number of benzene rings is 2. The number of carbonyl (C=O) groups excluding carboxylic acids is 2. The summed E-state index contributed by atoms with van der Waals surface area (Å²) in [5, 5.41) is 5.45. The summed E-state index contributed by atoms with van der Waals surface area (Å²) in [6.07, 6.45) is 0. The number of hydrogen-bond acceptors (Lipinski definition) is 6. The molecule has 0 saturated carbocycles. The molecule has 30 heavy (non-hydrogen) atoms. The highest BCUT2D eigenvalue weighted by Crippen LogP contribution is 2.35. The van der Waals surface area contributed by atoms with Crippen molar-refractivity contribution in [2.24, 2.45) is 0 Å². The molecule has 2 aliphatic rings. The van der Waals surface area contributed by atoms with Crippen molar-refractivity contribution >= 4 is 17.5 Å². The predicted molar refractivity (Wildman–Crippen MR) is 111 cm³/mol. The van der Waals surface area contributed by atoms with Crippen LogP contribution in [0.15, 0.2) is 42.5 Å². The van der Waals surface area contributed by atoms with Crippen LogP contribution in [0.3, 0.4) is 0 Å². The molecule has 2 heterocycles. The van der Waals surface area contributed by atoms with Crippen molar-refractivity contribution in [1.29, 1.82) is 0 Å². The van der Waals surface area contributed by atoms with Gasteiger partial charge in [-0.15, -0.1) is 0 Å². The van der Waals surface area contributed by atoms with Crippen LogP contribution in [-0.2, 0) is 14.3 Å². The number of rotatable bonds is 5. The van der Waals surface area contributed by atoms with Gasteiger partial charge < -0.3 is 24.8 Å². The first-order valence-corrected chi connectivity index (χ1v) is 9.98. The van der Waals surface area contributed by atoms with Crippen LogP contribution in [0.4, 0.5) is 5.69 Å². The number of fused-ring (bicyclic) bond motifs is 1. The van der Waals surface area contributed by atoms with E-state index in [-0.39, 0.29) is 12.8 Å². The summed E-state index contributed by atoms with van der Waals surface area (Å²) in [6, 6.07) is 13.0. The third-order valence-electron chi connectivity index (χ3n) is 5.32. The number of amides is 2. The normalized spacial score (nSPS) is 16.7. The Morgan fingerprint density at radius 3 is 2.60 bits per heavy atom. The van der Waals surface area contributed by atoms with Crippen molar-refractivity contribution in [2.45, 2.75) is 13.0 Å². The van der Waals surface area contributed by atoms with Gasteiger partial charge in [-0.25, -0.2) is 0 Å². The summed E-state index contributed by atoms with van der Waals surface area (Å²) in [4.78, 5) is 27.0. The lowest BCUT2D eigenvalue weighted by atomic mass is 10.0. The van der Waals surface area contributed by atoms with Crippen LogP contribution >= 0.6 is 0 Å². The van der Waals surface area contributed by atoms with Gasteiger partial charge in [0.2, 0.25) is 6.79 Å². The molecule has 2 aliphatic heterocycles. The maximum atomic E-state index is 12.5. The molecule has 4 rings (SSSR count). The summed E-state index contributed by atoms with van der Waals surface area (Å²) >= 11 is 0. The van der Waals surface area contributed by atoms with Crippen LogP contribution in [0.5, 0.6) is 11.5 Å². The molecule has 1 atom stereocenters. The number of carbonyl (C=O) groups is 2. The van der Waals surface area contributed by atoms with E-state index in [0.29, 0.717) is 36.9 Å². The Labute approximate surface area is 175 Å². The SMILES string of the molecule is Cc1ccccc1NC(=O)C(=O)NC[C@@H](c1ccc2c(c1)OCO2)N1CCOCC1.